The Morgan fingerprint density at radius 2 is 0.565 bits per heavy atom. The summed E-state index contributed by atoms with van der Waals surface area (Å²) in [6.45, 7) is 6.47. The number of ether oxygens (including phenoxy) is 3. The van der Waals surface area contributed by atoms with Crippen LogP contribution in [0.4, 0.5) is 0 Å². The number of allylic oxidation sites excluding steroid dienone is 10. The van der Waals surface area contributed by atoms with Crippen molar-refractivity contribution in [2.45, 2.75) is 309 Å². The predicted molar refractivity (Wildman–Crippen MR) is 298 cm³/mol. The lowest BCUT2D eigenvalue weighted by atomic mass is 10.0. The highest BCUT2D eigenvalue weighted by molar-refractivity contribution is 5.71. The van der Waals surface area contributed by atoms with Crippen LogP contribution >= 0.6 is 0 Å². The molecule has 0 heterocycles. The lowest BCUT2D eigenvalue weighted by molar-refractivity contribution is -0.167. The van der Waals surface area contributed by atoms with Crippen molar-refractivity contribution < 1.29 is 28.6 Å². The van der Waals surface area contributed by atoms with Crippen LogP contribution in [0.15, 0.2) is 60.8 Å². The van der Waals surface area contributed by atoms with E-state index in [1.807, 2.05) is 0 Å². The number of hydrogen-bond acceptors (Lipinski definition) is 6. The van der Waals surface area contributed by atoms with E-state index in [-0.39, 0.29) is 31.1 Å². The molecule has 69 heavy (non-hydrogen) atoms. The second-order valence-corrected chi connectivity index (χ2v) is 19.9. The van der Waals surface area contributed by atoms with Crippen molar-refractivity contribution in [3.63, 3.8) is 0 Å². The Morgan fingerprint density at radius 3 is 0.899 bits per heavy atom. The number of unbranched alkanes of at least 4 members (excludes halogenated alkanes) is 33. The molecule has 0 fully saturated rings. The Hall–Kier alpha value is -2.89. The molecule has 0 amide bonds. The molecule has 0 radical (unpaired) electrons. The van der Waals surface area contributed by atoms with Crippen molar-refractivity contribution in [1.82, 2.24) is 0 Å². The first-order valence-corrected chi connectivity index (χ1v) is 29.8. The van der Waals surface area contributed by atoms with E-state index in [1.54, 1.807) is 0 Å². The van der Waals surface area contributed by atoms with E-state index in [0.29, 0.717) is 19.3 Å². The number of rotatable bonds is 54. The Bertz CT molecular complexity index is 1250. The molecule has 0 aromatic rings. The van der Waals surface area contributed by atoms with Gasteiger partial charge in [-0.3, -0.25) is 14.4 Å². The first-order chi connectivity index (χ1) is 34.0. The SMILES string of the molecule is CC/C=C\C/C=C\C/C=C\C/C=C\CCCCCCCCCCCCCCCCCCCCC(=O)OCC(COC(=O)CCCCCCCC)OC(=O)CCCCCCC/C=C\CCCCCCC. The fraction of sp³-hybridized carbons (Fsp3) is 0.794. The van der Waals surface area contributed by atoms with Gasteiger partial charge in [-0.15, -0.1) is 0 Å². The summed E-state index contributed by atoms with van der Waals surface area (Å²) in [4.78, 5) is 37.8. The third-order valence-electron chi connectivity index (χ3n) is 13.0. The molecule has 0 rings (SSSR count). The molecule has 0 aromatic heterocycles. The summed E-state index contributed by atoms with van der Waals surface area (Å²) in [6.07, 6.45) is 72.7. The van der Waals surface area contributed by atoms with Gasteiger partial charge in [-0.05, 0) is 83.5 Å². The molecule has 0 N–H and O–H groups in total. The van der Waals surface area contributed by atoms with E-state index in [2.05, 4.69) is 81.5 Å². The second-order valence-electron chi connectivity index (χ2n) is 19.9. The number of esters is 3. The van der Waals surface area contributed by atoms with Crippen LogP contribution in [0.3, 0.4) is 0 Å². The third-order valence-corrected chi connectivity index (χ3v) is 13.0. The van der Waals surface area contributed by atoms with Crippen molar-refractivity contribution in [3.8, 4) is 0 Å². The fourth-order valence-corrected chi connectivity index (χ4v) is 8.55. The zero-order valence-electron chi connectivity index (χ0n) is 45.8. The molecular weight excluding hydrogens is 853 g/mol. The summed E-state index contributed by atoms with van der Waals surface area (Å²) < 4.78 is 16.7. The normalized spacial score (nSPS) is 12.4. The zero-order chi connectivity index (χ0) is 50.0. The van der Waals surface area contributed by atoms with Crippen LogP contribution in [0.5, 0.6) is 0 Å². The van der Waals surface area contributed by atoms with Crippen molar-refractivity contribution in [3.05, 3.63) is 60.8 Å². The highest BCUT2D eigenvalue weighted by atomic mass is 16.6. The summed E-state index contributed by atoms with van der Waals surface area (Å²) in [6, 6.07) is 0. The van der Waals surface area contributed by atoms with Gasteiger partial charge in [0.05, 0.1) is 0 Å². The molecule has 0 aliphatic carbocycles. The number of hydrogen-bond donors (Lipinski definition) is 0. The summed E-state index contributed by atoms with van der Waals surface area (Å²) in [5, 5.41) is 0. The molecule has 1 unspecified atom stereocenters. The molecule has 0 saturated heterocycles. The van der Waals surface area contributed by atoms with Gasteiger partial charge in [0.15, 0.2) is 6.10 Å². The summed E-state index contributed by atoms with van der Waals surface area (Å²) in [5.41, 5.74) is 0. The van der Waals surface area contributed by atoms with E-state index in [0.717, 1.165) is 89.9 Å². The largest absolute Gasteiger partial charge is 0.462 e. The van der Waals surface area contributed by atoms with Crippen LogP contribution in [-0.4, -0.2) is 37.2 Å². The first-order valence-electron chi connectivity index (χ1n) is 29.8. The molecule has 400 valence electrons. The Balaban J connectivity index is 3.97. The Kier molecular flexibility index (Phi) is 55.3. The Labute approximate surface area is 428 Å². The second kappa shape index (κ2) is 57.7. The number of carbonyl (C=O) groups is 3. The highest BCUT2D eigenvalue weighted by Gasteiger charge is 2.19. The van der Waals surface area contributed by atoms with Crippen LogP contribution < -0.4 is 0 Å². The van der Waals surface area contributed by atoms with Crippen LogP contribution in [0.25, 0.3) is 0 Å². The molecule has 6 nitrogen and oxygen atoms in total. The topological polar surface area (TPSA) is 78.9 Å². The quantitative estimate of drug-likeness (QED) is 0.0262. The van der Waals surface area contributed by atoms with Gasteiger partial charge in [-0.2, -0.15) is 0 Å². The monoisotopic (exact) mass is 965 g/mol. The maximum absolute atomic E-state index is 12.8. The van der Waals surface area contributed by atoms with Crippen molar-refractivity contribution >= 4 is 17.9 Å². The minimum Gasteiger partial charge on any atom is -0.462 e. The number of carbonyl (C=O) groups excluding carboxylic acids is 3. The van der Waals surface area contributed by atoms with E-state index >= 15 is 0 Å². The van der Waals surface area contributed by atoms with E-state index < -0.39 is 6.10 Å². The van der Waals surface area contributed by atoms with Crippen molar-refractivity contribution in [1.29, 1.82) is 0 Å². The molecule has 0 aliphatic heterocycles. The molecule has 0 aliphatic rings. The van der Waals surface area contributed by atoms with Gasteiger partial charge in [0, 0.05) is 19.3 Å². The van der Waals surface area contributed by atoms with Gasteiger partial charge in [0.1, 0.15) is 13.2 Å². The summed E-state index contributed by atoms with van der Waals surface area (Å²) in [5.74, 6) is -0.881. The minimum atomic E-state index is -0.772. The van der Waals surface area contributed by atoms with Crippen LogP contribution in [0, 0.1) is 0 Å². The van der Waals surface area contributed by atoms with E-state index in [4.69, 9.17) is 14.2 Å². The fourth-order valence-electron chi connectivity index (χ4n) is 8.55. The molecule has 0 spiro atoms. The van der Waals surface area contributed by atoms with Crippen LogP contribution in [-0.2, 0) is 28.6 Å². The predicted octanol–water partition coefficient (Wildman–Crippen LogP) is 20.0. The smallest absolute Gasteiger partial charge is 0.306 e. The van der Waals surface area contributed by atoms with Crippen molar-refractivity contribution in [2.75, 3.05) is 13.2 Å². The molecule has 0 aromatic carbocycles. The zero-order valence-corrected chi connectivity index (χ0v) is 45.8. The third kappa shape index (κ3) is 55.9. The van der Waals surface area contributed by atoms with Gasteiger partial charge >= 0.3 is 17.9 Å². The molecule has 0 saturated carbocycles. The van der Waals surface area contributed by atoms with Gasteiger partial charge in [0.25, 0.3) is 0 Å². The van der Waals surface area contributed by atoms with Crippen LogP contribution in [0.2, 0.25) is 0 Å². The van der Waals surface area contributed by atoms with E-state index in [9.17, 15) is 14.4 Å². The van der Waals surface area contributed by atoms with Crippen LogP contribution in [0.1, 0.15) is 303 Å². The minimum absolute atomic E-state index is 0.0737. The van der Waals surface area contributed by atoms with Gasteiger partial charge in [0.2, 0.25) is 0 Å². The maximum atomic E-state index is 12.8. The van der Waals surface area contributed by atoms with Gasteiger partial charge in [-0.1, -0.05) is 261 Å². The standard InChI is InChI=1S/C63H112O6/c1-4-7-10-13-16-18-20-22-24-25-26-27-28-29-30-31-32-33-34-35-36-37-38-39-40-42-43-45-47-50-53-56-62(65)68-59-60(58-67-61(64)55-52-49-15-12-9-6-3)69-63(66)57-54-51-48-46-44-41-23-21-19-17-14-11-8-5-2/h7,10,16,18,21-24,26-27,60H,4-6,8-9,11-15,17,19-20,25,28-59H2,1-3H3/b10-7-,18-16-,23-21-,24-22-,27-26-. The maximum Gasteiger partial charge on any atom is 0.306 e. The lowest BCUT2D eigenvalue weighted by Gasteiger charge is -2.18. The van der Waals surface area contributed by atoms with Crippen molar-refractivity contribution in [2.24, 2.45) is 0 Å². The lowest BCUT2D eigenvalue weighted by Crippen LogP contribution is -2.30. The molecular formula is C63H112O6. The molecule has 6 heteroatoms. The van der Waals surface area contributed by atoms with Gasteiger partial charge < -0.3 is 14.2 Å². The average Bonchev–Trinajstić information content (AvgIpc) is 3.35. The average molecular weight is 966 g/mol. The summed E-state index contributed by atoms with van der Waals surface area (Å²) >= 11 is 0. The first kappa shape index (κ1) is 66.1. The summed E-state index contributed by atoms with van der Waals surface area (Å²) in [7, 11) is 0. The van der Waals surface area contributed by atoms with Gasteiger partial charge in [-0.25, -0.2) is 0 Å². The highest BCUT2D eigenvalue weighted by Crippen LogP contribution is 2.17. The van der Waals surface area contributed by atoms with E-state index in [1.165, 1.54) is 173 Å². The Morgan fingerprint density at radius 1 is 0.304 bits per heavy atom. The molecule has 1 atom stereocenters. The molecule has 0 bridgehead atoms.